The zero-order chi connectivity index (χ0) is 15.5. The van der Waals surface area contributed by atoms with Crippen LogP contribution in [0.5, 0.6) is 0 Å². The molecule has 6 nitrogen and oxygen atoms in total. The highest BCUT2D eigenvalue weighted by molar-refractivity contribution is 6.30. The summed E-state index contributed by atoms with van der Waals surface area (Å²) in [6.07, 6.45) is 1.72. The maximum atomic E-state index is 12.0. The van der Waals surface area contributed by atoms with Crippen LogP contribution in [0.1, 0.15) is 24.8 Å². The monoisotopic (exact) mass is 321 g/mol. The largest absolute Gasteiger partial charge is 0.375 e. The highest BCUT2D eigenvalue weighted by Gasteiger charge is 2.33. The van der Waals surface area contributed by atoms with Gasteiger partial charge in [0.2, 0.25) is 17.6 Å². The molecule has 0 saturated carbocycles. The number of aromatic nitrogens is 2. The topological polar surface area (TPSA) is 68.5 Å². The average molecular weight is 322 g/mol. The van der Waals surface area contributed by atoms with E-state index in [9.17, 15) is 4.79 Å². The first kappa shape index (κ1) is 15.0. The molecule has 0 N–H and O–H groups in total. The molecular weight excluding hydrogens is 306 g/mol. The van der Waals surface area contributed by atoms with Gasteiger partial charge in [0.1, 0.15) is 12.6 Å². The predicted molar refractivity (Wildman–Crippen MR) is 80.3 cm³/mol. The van der Waals surface area contributed by atoms with E-state index in [1.165, 1.54) is 7.11 Å². The molecule has 1 saturated heterocycles. The van der Waals surface area contributed by atoms with E-state index in [4.69, 9.17) is 20.9 Å². The highest BCUT2D eigenvalue weighted by Crippen LogP contribution is 2.32. The van der Waals surface area contributed by atoms with Crippen molar-refractivity contribution >= 4 is 17.5 Å². The van der Waals surface area contributed by atoms with Crippen molar-refractivity contribution in [3.8, 4) is 11.4 Å². The lowest BCUT2D eigenvalue weighted by atomic mass is 10.2. The Balaban J connectivity index is 1.82. The molecule has 2 aromatic rings. The predicted octanol–water partition coefficient (Wildman–Crippen LogP) is 2.70. The smallest absolute Gasteiger partial charge is 0.249 e. The van der Waals surface area contributed by atoms with Crippen LogP contribution in [-0.2, 0) is 9.53 Å². The molecule has 7 heteroatoms. The number of nitrogens with zero attached hydrogens (tertiary/aromatic N) is 3. The Kier molecular flexibility index (Phi) is 4.40. The Morgan fingerprint density at radius 1 is 1.55 bits per heavy atom. The van der Waals surface area contributed by atoms with Gasteiger partial charge in [-0.1, -0.05) is 28.9 Å². The lowest BCUT2D eigenvalue weighted by Gasteiger charge is -2.21. The van der Waals surface area contributed by atoms with E-state index in [0.29, 0.717) is 23.3 Å². The number of likely N-dealkylation sites (tertiary alicyclic amines) is 1. The third-order valence-electron chi connectivity index (χ3n) is 3.65. The summed E-state index contributed by atoms with van der Waals surface area (Å²) in [5.41, 5.74) is 0.787. The number of carbonyl (C=O) groups excluding carboxylic acids is 1. The molecule has 3 rings (SSSR count). The first-order valence-electron chi connectivity index (χ1n) is 7.07. The molecule has 0 spiro atoms. The van der Waals surface area contributed by atoms with Gasteiger partial charge in [0, 0.05) is 24.2 Å². The molecule has 116 valence electrons. The second-order valence-electron chi connectivity index (χ2n) is 5.14. The summed E-state index contributed by atoms with van der Waals surface area (Å²) in [6, 6.07) is 7.08. The molecule has 1 aliphatic heterocycles. The molecule has 1 fully saturated rings. The number of ether oxygens (including phenoxy) is 1. The van der Waals surface area contributed by atoms with Gasteiger partial charge in [-0.2, -0.15) is 4.98 Å². The van der Waals surface area contributed by atoms with Gasteiger partial charge in [0.25, 0.3) is 0 Å². The molecule has 1 aromatic heterocycles. The molecule has 1 atom stereocenters. The fourth-order valence-corrected chi connectivity index (χ4v) is 2.83. The van der Waals surface area contributed by atoms with Crippen molar-refractivity contribution in [2.45, 2.75) is 18.9 Å². The lowest BCUT2D eigenvalue weighted by Crippen LogP contribution is -2.33. The summed E-state index contributed by atoms with van der Waals surface area (Å²) < 4.78 is 10.3. The normalized spacial score (nSPS) is 17.9. The number of rotatable bonds is 4. The van der Waals surface area contributed by atoms with Crippen molar-refractivity contribution < 1.29 is 14.1 Å². The molecule has 1 unspecified atom stereocenters. The van der Waals surface area contributed by atoms with Gasteiger partial charge < -0.3 is 14.2 Å². The van der Waals surface area contributed by atoms with Crippen LogP contribution in [0.15, 0.2) is 28.8 Å². The zero-order valence-corrected chi connectivity index (χ0v) is 12.9. The molecular formula is C15H16ClN3O3. The van der Waals surface area contributed by atoms with Crippen molar-refractivity contribution in [1.82, 2.24) is 15.0 Å². The lowest BCUT2D eigenvalue weighted by molar-refractivity contribution is -0.136. The van der Waals surface area contributed by atoms with Gasteiger partial charge in [-0.3, -0.25) is 4.79 Å². The number of amides is 1. The number of hydrogen-bond donors (Lipinski definition) is 0. The summed E-state index contributed by atoms with van der Waals surface area (Å²) in [4.78, 5) is 18.2. The first-order chi connectivity index (χ1) is 10.7. The molecule has 2 heterocycles. The molecule has 22 heavy (non-hydrogen) atoms. The van der Waals surface area contributed by atoms with E-state index >= 15 is 0 Å². The fraction of sp³-hybridized carbons (Fsp3) is 0.400. The van der Waals surface area contributed by atoms with E-state index in [1.54, 1.807) is 17.0 Å². The Hall–Kier alpha value is -1.92. The van der Waals surface area contributed by atoms with Crippen molar-refractivity contribution in [2.75, 3.05) is 20.3 Å². The van der Waals surface area contributed by atoms with Crippen LogP contribution in [0.25, 0.3) is 11.4 Å². The van der Waals surface area contributed by atoms with Crippen LogP contribution in [0.4, 0.5) is 0 Å². The maximum Gasteiger partial charge on any atom is 0.249 e. The Labute approximate surface area is 133 Å². The van der Waals surface area contributed by atoms with Crippen LogP contribution in [0.3, 0.4) is 0 Å². The number of carbonyl (C=O) groups is 1. The quantitative estimate of drug-likeness (QED) is 0.866. The minimum atomic E-state index is -0.178. The van der Waals surface area contributed by atoms with Gasteiger partial charge in [-0.25, -0.2) is 0 Å². The van der Waals surface area contributed by atoms with Crippen molar-refractivity contribution in [3.63, 3.8) is 0 Å². The number of halogens is 1. The van der Waals surface area contributed by atoms with Crippen LogP contribution in [0.2, 0.25) is 5.02 Å². The first-order valence-corrected chi connectivity index (χ1v) is 7.45. The highest BCUT2D eigenvalue weighted by atomic mass is 35.5. The minimum absolute atomic E-state index is 0.0613. The second-order valence-corrected chi connectivity index (χ2v) is 5.58. The van der Waals surface area contributed by atoms with E-state index in [0.717, 1.165) is 18.4 Å². The molecule has 1 aromatic carbocycles. The standard InChI is InChI=1S/C15H16ClN3O3/c1-21-9-13(20)19-7-3-6-12(19)15-17-14(18-22-15)10-4-2-5-11(16)8-10/h2,4-5,8,12H,3,6-7,9H2,1H3. The zero-order valence-electron chi connectivity index (χ0n) is 12.2. The summed E-state index contributed by atoms with van der Waals surface area (Å²) in [7, 11) is 1.51. The van der Waals surface area contributed by atoms with Crippen LogP contribution in [0, 0.1) is 0 Å². The Morgan fingerprint density at radius 3 is 3.18 bits per heavy atom. The Bertz CT molecular complexity index is 674. The van der Waals surface area contributed by atoms with E-state index < -0.39 is 0 Å². The summed E-state index contributed by atoms with van der Waals surface area (Å²) in [5, 5.41) is 4.61. The third-order valence-corrected chi connectivity index (χ3v) is 3.89. The van der Waals surface area contributed by atoms with Gasteiger partial charge >= 0.3 is 0 Å². The summed E-state index contributed by atoms with van der Waals surface area (Å²) >= 11 is 5.98. The van der Waals surface area contributed by atoms with Gasteiger partial charge in [-0.05, 0) is 25.0 Å². The molecule has 0 aliphatic carbocycles. The molecule has 1 amide bonds. The SMILES string of the molecule is COCC(=O)N1CCCC1c1nc(-c2cccc(Cl)c2)no1. The van der Waals surface area contributed by atoms with Gasteiger partial charge in [0.15, 0.2) is 0 Å². The van der Waals surface area contributed by atoms with Crippen molar-refractivity contribution in [2.24, 2.45) is 0 Å². The third kappa shape index (κ3) is 2.98. The average Bonchev–Trinajstić information content (AvgIpc) is 3.16. The molecule has 0 radical (unpaired) electrons. The van der Waals surface area contributed by atoms with Crippen molar-refractivity contribution in [3.05, 3.63) is 35.2 Å². The summed E-state index contributed by atoms with van der Waals surface area (Å²) in [5.74, 6) is 0.868. The summed E-state index contributed by atoms with van der Waals surface area (Å²) in [6.45, 7) is 0.744. The van der Waals surface area contributed by atoms with Gasteiger partial charge in [0.05, 0.1) is 0 Å². The van der Waals surface area contributed by atoms with E-state index in [2.05, 4.69) is 10.1 Å². The van der Waals surface area contributed by atoms with Crippen LogP contribution in [-0.4, -0.2) is 41.2 Å². The Morgan fingerprint density at radius 2 is 2.41 bits per heavy atom. The van der Waals surface area contributed by atoms with Crippen LogP contribution >= 0.6 is 11.6 Å². The molecule has 1 aliphatic rings. The minimum Gasteiger partial charge on any atom is -0.375 e. The number of hydrogen-bond acceptors (Lipinski definition) is 5. The van der Waals surface area contributed by atoms with Crippen LogP contribution < -0.4 is 0 Å². The second kappa shape index (κ2) is 6.46. The van der Waals surface area contributed by atoms with E-state index in [-0.39, 0.29) is 18.6 Å². The fourth-order valence-electron chi connectivity index (χ4n) is 2.64. The maximum absolute atomic E-state index is 12.0. The van der Waals surface area contributed by atoms with E-state index in [1.807, 2.05) is 12.1 Å². The van der Waals surface area contributed by atoms with Crippen molar-refractivity contribution in [1.29, 1.82) is 0 Å². The number of methoxy groups -OCH3 is 1. The molecule has 0 bridgehead atoms. The van der Waals surface area contributed by atoms with Gasteiger partial charge in [-0.15, -0.1) is 0 Å². The number of benzene rings is 1.